The maximum atomic E-state index is 12.8. The Morgan fingerprint density at radius 1 is 1.12 bits per heavy atom. The smallest absolute Gasteiger partial charge is 0.240 e. The van der Waals surface area contributed by atoms with Gasteiger partial charge in [0.25, 0.3) is 0 Å². The summed E-state index contributed by atoms with van der Waals surface area (Å²) in [6.07, 6.45) is 4.30. The molecule has 26 heavy (non-hydrogen) atoms. The summed E-state index contributed by atoms with van der Waals surface area (Å²) in [7, 11) is -3.55. The number of ether oxygens (including phenoxy) is 1. The normalized spacial score (nSPS) is 31.8. The standard InChI is InChI=1S/C21H23NO3S/c1-15-8-10-17(11-9-15)26(23,24)22-14-20-13-16-5-4-12-21(16,25-20)19-7-3-2-6-18(19)20/h2-3,6-11,16,22H,4-5,12-14H2,1H3/t16-,20-,21-/m0/s1. The molecule has 1 N–H and O–H groups in total. The SMILES string of the molecule is Cc1ccc(S(=O)(=O)NC[C@]23C[C@@H]4CCC[C@@]4(O2)c2ccccc23)cc1. The van der Waals surface area contributed by atoms with Gasteiger partial charge < -0.3 is 4.74 Å². The monoisotopic (exact) mass is 369 g/mol. The first-order chi connectivity index (χ1) is 12.5. The zero-order chi connectivity index (χ0) is 18.0. The molecule has 2 aromatic carbocycles. The zero-order valence-electron chi connectivity index (χ0n) is 14.9. The van der Waals surface area contributed by atoms with Crippen molar-refractivity contribution in [1.82, 2.24) is 4.72 Å². The van der Waals surface area contributed by atoms with Crippen molar-refractivity contribution in [1.29, 1.82) is 0 Å². The molecule has 2 aromatic rings. The van der Waals surface area contributed by atoms with Crippen molar-refractivity contribution in [3.63, 3.8) is 0 Å². The minimum atomic E-state index is -3.55. The van der Waals surface area contributed by atoms with Gasteiger partial charge in [-0.2, -0.15) is 0 Å². The number of benzene rings is 2. The fraction of sp³-hybridized carbons (Fsp3) is 0.429. The van der Waals surface area contributed by atoms with Crippen molar-refractivity contribution in [3.05, 3.63) is 65.2 Å². The van der Waals surface area contributed by atoms with Gasteiger partial charge in [-0.25, -0.2) is 13.1 Å². The maximum absolute atomic E-state index is 12.8. The summed E-state index contributed by atoms with van der Waals surface area (Å²) in [4.78, 5) is 0.304. The molecular weight excluding hydrogens is 346 g/mol. The number of aryl methyl sites for hydroxylation is 1. The van der Waals surface area contributed by atoms with E-state index in [1.165, 1.54) is 24.0 Å². The molecule has 4 nitrogen and oxygen atoms in total. The molecule has 1 spiro atoms. The van der Waals surface area contributed by atoms with Crippen LogP contribution in [0.5, 0.6) is 0 Å². The summed E-state index contributed by atoms with van der Waals surface area (Å²) in [6.45, 7) is 2.24. The van der Waals surface area contributed by atoms with Gasteiger partial charge in [0.05, 0.1) is 10.5 Å². The highest BCUT2D eigenvalue weighted by molar-refractivity contribution is 7.89. The third kappa shape index (κ3) is 2.17. The molecule has 1 saturated heterocycles. The van der Waals surface area contributed by atoms with Gasteiger partial charge in [-0.1, -0.05) is 42.0 Å². The molecule has 2 heterocycles. The molecule has 1 aliphatic carbocycles. The van der Waals surface area contributed by atoms with Crippen molar-refractivity contribution in [3.8, 4) is 0 Å². The fourth-order valence-electron chi connectivity index (χ4n) is 5.28. The van der Waals surface area contributed by atoms with Crippen molar-refractivity contribution in [2.75, 3.05) is 6.54 Å². The lowest BCUT2D eigenvalue weighted by atomic mass is 9.72. The van der Waals surface area contributed by atoms with E-state index >= 15 is 0 Å². The van der Waals surface area contributed by atoms with E-state index in [2.05, 4.69) is 22.9 Å². The topological polar surface area (TPSA) is 55.4 Å². The Bertz CT molecular complexity index is 969. The molecule has 3 aliphatic rings. The van der Waals surface area contributed by atoms with Gasteiger partial charge >= 0.3 is 0 Å². The van der Waals surface area contributed by atoms with Crippen LogP contribution in [0.25, 0.3) is 0 Å². The predicted molar refractivity (Wildman–Crippen MR) is 99.2 cm³/mol. The molecule has 1 saturated carbocycles. The lowest BCUT2D eigenvalue weighted by molar-refractivity contribution is -0.0880. The Morgan fingerprint density at radius 2 is 1.85 bits per heavy atom. The average molecular weight is 369 g/mol. The first-order valence-corrected chi connectivity index (χ1v) is 10.8. The van der Waals surface area contributed by atoms with Gasteiger partial charge in [-0.05, 0) is 61.8 Å². The summed E-state index contributed by atoms with van der Waals surface area (Å²) in [6, 6.07) is 15.3. The number of fused-ring (bicyclic) bond motifs is 3. The van der Waals surface area contributed by atoms with Crippen molar-refractivity contribution in [2.45, 2.75) is 48.7 Å². The molecule has 3 atom stereocenters. The summed E-state index contributed by atoms with van der Waals surface area (Å²) in [5.41, 5.74) is 2.78. The van der Waals surface area contributed by atoms with E-state index in [4.69, 9.17) is 4.74 Å². The van der Waals surface area contributed by atoms with Gasteiger partial charge in [0.1, 0.15) is 5.60 Å². The van der Waals surface area contributed by atoms with Gasteiger partial charge in [-0.15, -0.1) is 0 Å². The van der Waals surface area contributed by atoms with E-state index < -0.39 is 15.6 Å². The first kappa shape index (κ1) is 16.5. The van der Waals surface area contributed by atoms with E-state index in [1.807, 2.05) is 25.1 Å². The van der Waals surface area contributed by atoms with Gasteiger partial charge in [-0.3, -0.25) is 0 Å². The molecule has 0 amide bonds. The van der Waals surface area contributed by atoms with Crippen molar-refractivity contribution in [2.24, 2.45) is 5.92 Å². The van der Waals surface area contributed by atoms with E-state index in [0.29, 0.717) is 17.4 Å². The lowest BCUT2D eigenvalue weighted by Crippen LogP contribution is -2.40. The lowest BCUT2D eigenvalue weighted by Gasteiger charge is -2.29. The van der Waals surface area contributed by atoms with Crippen molar-refractivity contribution < 1.29 is 13.2 Å². The van der Waals surface area contributed by atoms with Crippen LogP contribution in [0.3, 0.4) is 0 Å². The van der Waals surface area contributed by atoms with Crippen LogP contribution in [0.4, 0.5) is 0 Å². The molecule has 5 rings (SSSR count). The quantitative estimate of drug-likeness (QED) is 0.896. The Morgan fingerprint density at radius 3 is 2.62 bits per heavy atom. The molecular formula is C21H23NO3S. The minimum Gasteiger partial charge on any atom is -0.357 e. The molecule has 2 aliphatic heterocycles. The van der Waals surface area contributed by atoms with E-state index in [1.54, 1.807) is 12.1 Å². The maximum Gasteiger partial charge on any atom is 0.240 e. The average Bonchev–Trinajstić information content (AvgIpc) is 3.26. The number of hydrogen-bond acceptors (Lipinski definition) is 3. The van der Waals surface area contributed by atoms with Crippen LogP contribution in [0.2, 0.25) is 0 Å². The second kappa shape index (κ2) is 5.41. The Balaban J connectivity index is 1.47. The summed E-state index contributed by atoms with van der Waals surface area (Å²) in [5, 5.41) is 0. The fourth-order valence-corrected chi connectivity index (χ4v) is 6.36. The van der Waals surface area contributed by atoms with Gasteiger partial charge in [0, 0.05) is 6.54 Å². The molecule has 0 unspecified atom stereocenters. The molecule has 2 fully saturated rings. The highest BCUT2D eigenvalue weighted by Crippen LogP contribution is 2.66. The highest BCUT2D eigenvalue weighted by atomic mass is 32.2. The Kier molecular flexibility index (Phi) is 3.43. The van der Waals surface area contributed by atoms with Crippen LogP contribution < -0.4 is 4.72 Å². The molecule has 5 heteroatoms. The van der Waals surface area contributed by atoms with Gasteiger partial charge in [0.2, 0.25) is 10.0 Å². The largest absolute Gasteiger partial charge is 0.357 e. The minimum absolute atomic E-state index is 0.189. The van der Waals surface area contributed by atoms with Crippen LogP contribution in [-0.4, -0.2) is 15.0 Å². The number of sulfonamides is 1. The molecule has 2 bridgehead atoms. The third-order valence-electron chi connectivity index (χ3n) is 6.47. The van der Waals surface area contributed by atoms with Crippen LogP contribution in [0, 0.1) is 12.8 Å². The van der Waals surface area contributed by atoms with E-state index in [0.717, 1.165) is 18.4 Å². The third-order valence-corrected chi connectivity index (χ3v) is 7.88. The highest BCUT2D eigenvalue weighted by Gasteiger charge is 2.65. The number of rotatable bonds is 4. The summed E-state index contributed by atoms with van der Waals surface area (Å²) < 4.78 is 35.0. The van der Waals surface area contributed by atoms with Crippen LogP contribution in [-0.2, 0) is 26.0 Å². The van der Waals surface area contributed by atoms with Crippen LogP contribution in [0.15, 0.2) is 53.4 Å². The number of hydrogen-bond donors (Lipinski definition) is 1. The summed E-state index contributed by atoms with van der Waals surface area (Å²) in [5.74, 6) is 0.501. The predicted octanol–water partition coefficient (Wildman–Crippen LogP) is 3.60. The number of nitrogens with one attached hydrogen (secondary N) is 1. The second-order valence-corrected chi connectivity index (χ2v) is 9.73. The summed E-state index contributed by atoms with van der Waals surface area (Å²) >= 11 is 0. The molecule has 0 radical (unpaired) electrons. The Labute approximate surface area is 154 Å². The van der Waals surface area contributed by atoms with Crippen LogP contribution in [0.1, 0.15) is 42.4 Å². The zero-order valence-corrected chi connectivity index (χ0v) is 15.7. The Hall–Kier alpha value is -1.69. The molecule has 0 aromatic heterocycles. The van der Waals surface area contributed by atoms with E-state index in [-0.39, 0.29) is 5.60 Å². The first-order valence-electron chi connectivity index (χ1n) is 9.32. The van der Waals surface area contributed by atoms with Crippen molar-refractivity contribution >= 4 is 10.0 Å². The second-order valence-electron chi connectivity index (χ2n) is 7.96. The molecule has 136 valence electrons. The van der Waals surface area contributed by atoms with E-state index in [9.17, 15) is 8.42 Å². The van der Waals surface area contributed by atoms with Crippen LogP contribution >= 0.6 is 0 Å². The van der Waals surface area contributed by atoms with Gasteiger partial charge in [0.15, 0.2) is 0 Å².